The van der Waals surface area contributed by atoms with Gasteiger partial charge in [-0.15, -0.1) is 0 Å². The number of halogens is 1. The average molecular weight is 316 g/mol. The molecule has 0 aliphatic rings. The van der Waals surface area contributed by atoms with Crippen LogP contribution < -0.4 is 10.1 Å². The Hall–Kier alpha value is -0.580. The van der Waals surface area contributed by atoms with E-state index < -0.39 is 0 Å². The fourth-order valence-electron chi connectivity index (χ4n) is 1.40. The Bertz CT molecular complexity index is 375. The number of nitrogens with one attached hydrogen (secondary N) is 1. The zero-order chi connectivity index (χ0) is 13.6. The van der Waals surface area contributed by atoms with Crippen LogP contribution in [0, 0.1) is 0 Å². The second kappa shape index (κ2) is 7.12. The molecule has 0 amide bonds. The van der Waals surface area contributed by atoms with Gasteiger partial charge in [0.05, 0.1) is 4.47 Å². The van der Waals surface area contributed by atoms with E-state index in [-0.39, 0.29) is 12.3 Å². The fourth-order valence-corrected chi connectivity index (χ4v) is 1.92. The first-order valence-corrected chi connectivity index (χ1v) is 6.96. The van der Waals surface area contributed by atoms with Gasteiger partial charge in [0.2, 0.25) is 0 Å². The van der Waals surface area contributed by atoms with Crippen molar-refractivity contribution in [1.82, 2.24) is 5.32 Å². The smallest absolute Gasteiger partial charge is 0.189 e. The van der Waals surface area contributed by atoms with E-state index >= 15 is 0 Å². The molecule has 18 heavy (non-hydrogen) atoms. The largest absolute Gasteiger partial charge is 0.466 e. The van der Waals surface area contributed by atoms with Gasteiger partial charge >= 0.3 is 0 Å². The molecule has 0 aromatic heterocycles. The summed E-state index contributed by atoms with van der Waals surface area (Å²) in [6, 6.07) is 6.05. The predicted octanol–water partition coefficient (Wildman–Crippen LogP) is 3.71. The summed E-state index contributed by atoms with van der Waals surface area (Å²) in [5, 5.41) is 3.45. The molecule has 1 rings (SSSR count). The predicted molar refractivity (Wildman–Crippen MR) is 77.9 cm³/mol. The maximum atomic E-state index is 5.66. The Morgan fingerprint density at radius 2 is 2.00 bits per heavy atom. The minimum atomic E-state index is 0.0828. The van der Waals surface area contributed by atoms with Crippen molar-refractivity contribution in [3.8, 4) is 5.75 Å². The number of hydrogen-bond acceptors (Lipinski definition) is 3. The normalized spacial score (nSPS) is 11.6. The lowest BCUT2D eigenvalue weighted by Crippen LogP contribution is -2.35. The van der Waals surface area contributed by atoms with Crippen molar-refractivity contribution < 1.29 is 9.47 Å². The van der Waals surface area contributed by atoms with Crippen molar-refractivity contribution in [3.63, 3.8) is 0 Å². The maximum Gasteiger partial charge on any atom is 0.189 e. The molecule has 1 aromatic rings. The van der Waals surface area contributed by atoms with E-state index in [1.807, 2.05) is 19.1 Å². The van der Waals surface area contributed by atoms with Gasteiger partial charge in [-0.05, 0) is 49.7 Å². The van der Waals surface area contributed by atoms with Gasteiger partial charge in [0, 0.05) is 24.3 Å². The Morgan fingerprint density at radius 1 is 1.28 bits per heavy atom. The minimum Gasteiger partial charge on any atom is -0.466 e. The lowest BCUT2D eigenvalue weighted by atomic mass is 10.1. The molecular weight excluding hydrogens is 294 g/mol. The number of benzene rings is 1. The van der Waals surface area contributed by atoms with Gasteiger partial charge in [-0.1, -0.05) is 12.1 Å². The SMILES string of the molecule is CCOCOc1c(Br)cccc1CNC(C)(C)C. The number of rotatable bonds is 6. The van der Waals surface area contributed by atoms with Crippen LogP contribution in [0.25, 0.3) is 0 Å². The van der Waals surface area contributed by atoms with Crippen molar-refractivity contribution in [2.45, 2.75) is 39.8 Å². The molecule has 0 saturated carbocycles. The van der Waals surface area contributed by atoms with Gasteiger partial charge in [-0.25, -0.2) is 0 Å². The molecule has 0 bridgehead atoms. The molecule has 0 atom stereocenters. The van der Waals surface area contributed by atoms with Crippen LogP contribution in [0.1, 0.15) is 33.3 Å². The quantitative estimate of drug-likeness (QED) is 0.641. The van der Waals surface area contributed by atoms with Crippen LogP contribution in [0.2, 0.25) is 0 Å². The summed E-state index contributed by atoms with van der Waals surface area (Å²) >= 11 is 3.51. The van der Waals surface area contributed by atoms with Crippen LogP contribution >= 0.6 is 15.9 Å². The summed E-state index contributed by atoms with van der Waals surface area (Å²) in [5.74, 6) is 0.850. The summed E-state index contributed by atoms with van der Waals surface area (Å²) < 4.78 is 11.8. The van der Waals surface area contributed by atoms with E-state index in [4.69, 9.17) is 9.47 Å². The van der Waals surface area contributed by atoms with Crippen LogP contribution in [-0.2, 0) is 11.3 Å². The van der Waals surface area contributed by atoms with Gasteiger partial charge in [0.1, 0.15) is 5.75 Å². The molecule has 0 saturated heterocycles. The standard InChI is InChI=1S/C14H22BrNO2/c1-5-17-10-18-13-11(7-6-8-12(13)15)9-16-14(2,3)4/h6-8,16H,5,9-10H2,1-4H3. The van der Waals surface area contributed by atoms with Crippen molar-refractivity contribution in [3.05, 3.63) is 28.2 Å². The van der Waals surface area contributed by atoms with Crippen LogP contribution in [0.3, 0.4) is 0 Å². The summed E-state index contributed by atoms with van der Waals surface area (Å²) in [7, 11) is 0. The molecule has 0 heterocycles. The molecule has 0 radical (unpaired) electrons. The first-order chi connectivity index (χ1) is 8.44. The number of hydrogen-bond donors (Lipinski definition) is 1. The second-order valence-electron chi connectivity index (χ2n) is 5.09. The fraction of sp³-hybridized carbons (Fsp3) is 0.571. The monoisotopic (exact) mass is 315 g/mol. The molecule has 3 nitrogen and oxygen atoms in total. The van der Waals surface area contributed by atoms with E-state index in [1.54, 1.807) is 0 Å². The minimum absolute atomic E-state index is 0.0828. The van der Waals surface area contributed by atoms with Crippen LogP contribution in [0.4, 0.5) is 0 Å². The third-order valence-corrected chi connectivity index (χ3v) is 2.97. The Kier molecular flexibility index (Phi) is 6.12. The summed E-state index contributed by atoms with van der Waals surface area (Å²) in [6.45, 7) is 10.1. The molecular formula is C14H22BrNO2. The third kappa shape index (κ3) is 5.38. The lowest BCUT2D eigenvalue weighted by Gasteiger charge is -2.22. The molecule has 1 N–H and O–H groups in total. The maximum absolute atomic E-state index is 5.66. The van der Waals surface area contributed by atoms with Crippen LogP contribution in [0.5, 0.6) is 5.75 Å². The Labute approximate surface area is 118 Å². The van der Waals surface area contributed by atoms with Gasteiger partial charge in [0.25, 0.3) is 0 Å². The highest BCUT2D eigenvalue weighted by molar-refractivity contribution is 9.10. The molecule has 0 aliphatic carbocycles. The van der Waals surface area contributed by atoms with Crippen molar-refractivity contribution in [1.29, 1.82) is 0 Å². The molecule has 0 fully saturated rings. The second-order valence-corrected chi connectivity index (χ2v) is 5.94. The summed E-state index contributed by atoms with van der Waals surface area (Å²) in [6.07, 6.45) is 0. The van der Waals surface area contributed by atoms with E-state index in [2.05, 4.69) is 48.1 Å². The first kappa shape index (κ1) is 15.5. The highest BCUT2D eigenvalue weighted by atomic mass is 79.9. The topological polar surface area (TPSA) is 30.5 Å². The Morgan fingerprint density at radius 3 is 2.61 bits per heavy atom. The molecule has 1 aromatic carbocycles. The first-order valence-electron chi connectivity index (χ1n) is 6.17. The van der Waals surface area contributed by atoms with Crippen molar-refractivity contribution in [2.75, 3.05) is 13.4 Å². The van der Waals surface area contributed by atoms with E-state index in [1.165, 1.54) is 0 Å². The highest BCUT2D eigenvalue weighted by Gasteiger charge is 2.12. The third-order valence-electron chi connectivity index (χ3n) is 2.35. The van der Waals surface area contributed by atoms with E-state index in [0.29, 0.717) is 6.61 Å². The average Bonchev–Trinajstić information content (AvgIpc) is 2.28. The van der Waals surface area contributed by atoms with Gasteiger partial charge in [-0.2, -0.15) is 0 Å². The van der Waals surface area contributed by atoms with Gasteiger partial charge < -0.3 is 14.8 Å². The highest BCUT2D eigenvalue weighted by Crippen LogP contribution is 2.29. The van der Waals surface area contributed by atoms with E-state index in [0.717, 1.165) is 22.3 Å². The molecule has 102 valence electrons. The summed E-state index contributed by atoms with van der Waals surface area (Å²) in [5.41, 5.74) is 1.21. The van der Waals surface area contributed by atoms with Crippen molar-refractivity contribution in [2.24, 2.45) is 0 Å². The van der Waals surface area contributed by atoms with Crippen molar-refractivity contribution >= 4 is 15.9 Å². The van der Waals surface area contributed by atoms with E-state index in [9.17, 15) is 0 Å². The molecule has 0 unspecified atom stereocenters. The molecule has 4 heteroatoms. The zero-order valence-electron chi connectivity index (χ0n) is 11.5. The number of para-hydroxylation sites is 1. The number of ether oxygens (including phenoxy) is 2. The zero-order valence-corrected chi connectivity index (χ0v) is 13.1. The molecule has 0 spiro atoms. The summed E-state index contributed by atoms with van der Waals surface area (Å²) in [4.78, 5) is 0. The van der Waals surface area contributed by atoms with Crippen LogP contribution in [-0.4, -0.2) is 18.9 Å². The van der Waals surface area contributed by atoms with Gasteiger partial charge in [0.15, 0.2) is 6.79 Å². The lowest BCUT2D eigenvalue weighted by molar-refractivity contribution is 0.0213. The van der Waals surface area contributed by atoms with Gasteiger partial charge in [-0.3, -0.25) is 0 Å². The van der Waals surface area contributed by atoms with Crippen LogP contribution in [0.15, 0.2) is 22.7 Å². The Balaban J connectivity index is 2.73. The molecule has 0 aliphatic heterocycles.